The first-order chi connectivity index (χ1) is 16.1. The van der Waals surface area contributed by atoms with Gasteiger partial charge in [-0.1, -0.05) is 57.2 Å². The van der Waals surface area contributed by atoms with Crippen molar-refractivity contribution in [3.05, 3.63) is 99.6 Å². The summed E-state index contributed by atoms with van der Waals surface area (Å²) in [5.41, 5.74) is 2.54. The molecule has 0 aliphatic carbocycles. The molecular weight excluding hydrogens is 440 g/mol. The van der Waals surface area contributed by atoms with Crippen LogP contribution < -0.4 is 4.74 Å². The first-order valence-electron chi connectivity index (χ1n) is 11.4. The molecule has 0 atom stereocenters. The summed E-state index contributed by atoms with van der Waals surface area (Å²) >= 11 is 0. The smallest absolute Gasteiger partial charge is 0.426 e. The normalized spacial score (nSPS) is 11.3. The van der Waals surface area contributed by atoms with Gasteiger partial charge >= 0.3 is 6.11 Å². The van der Waals surface area contributed by atoms with Gasteiger partial charge in [0.2, 0.25) is 0 Å². The highest BCUT2D eigenvalue weighted by molar-refractivity contribution is 5.49. The monoisotopic (exact) mass is 468 g/mol. The summed E-state index contributed by atoms with van der Waals surface area (Å²) in [5, 5.41) is 0. The van der Waals surface area contributed by atoms with Crippen LogP contribution >= 0.6 is 0 Å². The van der Waals surface area contributed by atoms with Gasteiger partial charge in [0.05, 0.1) is 11.1 Å². The van der Waals surface area contributed by atoms with Crippen LogP contribution in [0.25, 0.3) is 0 Å². The minimum absolute atomic E-state index is 0.0102. The third-order valence-corrected chi connectivity index (χ3v) is 5.36. The fourth-order valence-electron chi connectivity index (χ4n) is 3.62. The van der Waals surface area contributed by atoms with Gasteiger partial charge < -0.3 is 4.74 Å². The first-order valence-corrected chi connectivity index (χ1v) is 11.4. The van der Waals surface area contributed by atoms with E-state index in [0.717, 1.165) is 30.0 Å². The molecule has 3 aromatic rings. The molecule has 0 aromatic heterocycles. The van der Waals surface area contributed by atoms with Crippen molar-refractivity contribution in [1.29, 1.82) is 0 Å². The van der Waals surface area contributed by atoms with E-state index in [-0.39, 0.29) is 22.7 Å². The Balaban J connectivity index is 1.82. The zero-order valence-corrected chi connectivity index (χ0v) is 19.8. The number of hydrogen-bond acceptors (Lipinski definition) is 1. The van der Waals surface area contributed by atoms with Crippen LogP contribution in [-0.4, -0.2) is 0 Å². The predicted octanol–water partition coefficient (Wildman–Crippen LogP) is 7.95. The van der Waals surface area contributed by atoms with E-state index in [1.54, 1.807) is 25.1 Å². The van der Waals surface area contributed by atoms with Crippen LogP contribution in [0.15, 0.2) is 54.6 Å². The molecular formula is C29H28F4O. The van der Waals surface area contributed by atoms with Crippen LogP contribution in [0.2, 0.25) is 0 Å². The number of aryl methyl sites for hydroxylation is 2. The molecule has 0 radical (unpaired) electrons. The number of benzene rings is 3. The van der Waals surface area contributed by atoms with Crippen LogP contribution in [0, 0.1) is 36.3 Å². The topological polar surface area (TPSA) is 9.23 Å². The number of alkyl halides is 2. The molecule has 34 heavy (non-hydrogen) atoms. The standard InChI is InChI=1S/C29H28F4O/c1-5-6-21-7-12-25(13-8-21)29(32,33)34-26-14-11-22(28(31)18-26)9-10-23-17-27(30)20(4)16-24(23)15-19(2)3/h7-8,11-14,16-19H,5-6,15H2,1-4H3. The molecule has 5 heteroatoms. The molecule has 0 spiro atoms. The van der Waals surface area contributed by atoms with Crippen LogP contribution in [0.5, 0.6) is 5.75 Å². The molecule has 0 aliphatic heterocycles. The molecule has 178 valence electrons. The van der Waals surface area contributed by atoms with Crippen molar-refractivity contribution < 1.29 is 22.3 Å². The Morgan fingerprint density at radius 2 is 1.56 bits per heavy atom. The summed E-state index contributed by atoms with van der Waals surface area (Å²) < 4.78 is 62.7. The lowest BCUT2D eigenvalue weighted by molar-refractivity contribution is -0.185. The maximum Gasteiger partial charge on any atom is 0.426 e. The zero-order valence-electron chi connectivity index (χ0n) is 19.8. The van der Waals surface area contributed by atoms with Gasteiger partial charge in [-0.25, -0.2) is 8.78 Å². The quantitative estimate of drug-likeness (QED) is 0.253. The van der Waals surface area contributed by atoms with Crippen molar-refractivity contribution >= 4 is 0 Å². The second kappa shape index (κ2) is 10.8. The minimum Gasteiger partial charge on any atom is -0.429 e. The van der Waals surface area contributed by atoms with Crippen molar-refractivity contribution in [3.8, 4) is 17.6 Å². The summed E-state index contributed by atoms with van der Waals surface area (Å²) in [5.74, 6) is 4.37. The Morgan fingerprint density at radius 1 is 0.882 bits per heavy atom. The molecule has 0 fully saturated rings. The van der Waals surface area contributed by atoms with Gasteiger partial charge in [-0.2, -0.15) is 8.78 Å². The number of hydrogen-bond donors (Lipinski definition) is 0. The lowest BCUT2D eigenvalue weighted by atomic mass is 9.96. The van der Waals surface area contributed by atoms with E-state index in [2.05, 4.69) is 11.8 Å². The first kappa shape index (κ1) is 25.4. The molecule has 0 amide bonds. The average molecular weight is 469 g/mol. The zero-order chi connectivity index (χ0) is 24.9. The summed E-state index contributed by atoms with van der Waals surface area (Å²) in [6, 6.07) is 12.4. The van der Waals surface area contributed by atoms with Crippen LogP contribution in [0.4, 0.5) is 17.6 Å². The highest BCUT2D eigenvalue weighted by atomic mass is 19.3. The number of ether oxygens (including phenoxy) is 1. The summed E-state index contributed by atoms with van der Waals surface area (Å²) in [7, 11) is 0. The molecule has 3 rings (SSSR count). The Morgan fingerprint density at radius 3 is 2.18 bits per heavy atom. The van der Waals surface area contributed by atoms with Crippen molar-refractivity contribution in [3.63, 3.8) is 0 Å². The Labute approximate surface area is 198 Å². The average Bonchev–Trinajstić information content (AvgIpc) is 2.76. The van der Waals surface area contributed by atoms with Crippen molar-refractivity contribution in [1.82, 2.24) is 0 Å². The fourth-order valence-corrected chi connectivity index (χ4v) is 3.62. The lowest BCUT2D eigenvalue weighted by Crippen LogP contribution is -2.22. The lowest BCUT2D eigenvalue weighted by Gasteiger charge is -2.18. The molecule has 0 N–H and O–H groups in total. The van der Waals surface area contributed by atoms with E-state index in [0.29, 0.717) is 23.5 Å². The van der Waals surface area contributed by atoms with Gasteiger partial charge in [0.25, 0.3) is 0 Å². The SMILES string of the molecule is CCCc1ccc(C(F)(F)Oc2ccc(C#Cc3cc(F)c(C)cc3CC(C)C)c(F)c2)cc1. The van der Waals surface area contributed by atoms with Gasteiger partial charge in [-0.05, 0) is 72.7 Å². The van der Waals surface area contributed by atoms with E-state index in [4.69, 9.17) is 4.74 Å². The van der Waals surface area contributed by atoms with E-state index < -0.39 is 11.9 Å². The predicted molar refractivity (Wildman–Crippen MR) is 127 cm³/mol. The highest BCUT2D eigenvalue weighted by Gasteiger charge is 2.34. The molecule has 0 saturated heterocycles. The van der Waals surface area contributed by atoms with Gasteiger partial charge in [-0.3, -0.25) is 0 Å². The van der Waals surface area contributed by atoms with Gasteiger partial charge in [-0.15, -0.1) is 0 Å². The van der Waals surface area contributed by atoms with Crippen LogP contribution in [0.1, 0.15) is 60.6 Å². The molecule has 0 saturated carbocycles. The van der Waals surface area contributed by atoms with Gasteiger partial charge in [0.15, 0.2) is 0 Å². The number of halogens is 4. The third-order valence-electron chi connectivity index (χ3n) is 5.36. The molecule has 0 aliphatic rings. The molecule has 0 bridgehead atoms. The summed E-state index contributed by atoms with van der Waals surface area (Å²) in [6.07, 6.45) is -1.20. The van der Waals surface area contributed by atoms with Crippen LogP contribution in [-0.2, 0) is 19.0 Å². The van der Waals surface area contributed by atoms with E-state index in [1.165, 1.54) is 30.3 Å². The molecule has 0 unspecified atom stereocenters. The number of rotatable bonds is 7. The second-order valence-corrected chi connectivity index (χ2v) is 8.81. The Hall–Kier alpha value is -3.26. The summed E-state index contributed by atoms with van der Waals surface area (Å²) in [4.78, 5) is 0. The Kier molecular flexibility index (Phi) is 8.04. The van der Waals surface area contributed by atoms with Gasteiger partial charge in [0, 0.05) is 11.6 Å². The molecule has 0 heterocycles. The maximum absolute atomic E-state index is 14.6. The fraction of sp³-hybridized carbons (Fsp3) is 0.310. The highest BCUT2D eigenvalue weighted by Crippen LogP contribution is 2.32. The van der Waals surface area contributed by atoms with Crippen molar-refractivity contribution in [2.45, 2.75) is 53.1 Å². The van der Waals surface area contributed by atoms with Gasteiger partial charge in [0.1, 0.15) is 17.4 Å². The maximum atomic E-state index is 14.6. The molecule has 1 nitrogen and oxygen atoms in total. The third kappa shape index (κ3) is 6.41. The Bertz CT molecular complexity index is 1200. The largest absolute Gasteiger partial charge is 0.429 e. The minimum atomic E-state index is -3.62. The van der Waals surface area contributed by atoms with E-state index >= 15 is 0 Å². The van der Waals surface area contributed by atoms with E-state index in [9.17, 15) is 17.6 Å². The van der Waals surface area contributed by atoms with Crippen LogP contribution in [0.3, 0.4) is 0 Å². The molecule has 3 aromatic carbocycles. The summed E-state index contributed by atoms with van der Waals surface area (Å²) in [6.45, 7) is 7.79. The van der Waals surface area contributed by atoms with Crippen molar-refractivity contribution in [2.75, 3.05) is 0 Å². The van der Waals surface area contributed by atoms with Crippen molar-refractivity contribution in [2.24, 2.45) is 5.92 Å². The van der Waals surface area contributed by atoms with E-state index in [1.807, 2.05) is 20.8 Å². The second-order valence-electron chi connectivity index (χ2n) is 8.81.